The van der Waals surface area contributed by atoms with E-state index in [1.165, 1.54) is 17.7 Å². The zero-order valence-electron chi connectivity index (χ0n) is 12.1. The molecule has 2 aromatic rings. The van der Waals surface area contributed by atoms with Crippen LogP contribution in [0.2, 0.25) is 0 Å². The summed E-state index contributed by atoms with van der Waals surface area (Å²) in [5.74, 6) is -0.251. The fourth-order valence-corrected chi connectivity index (χ4v) is 2.89. The number of hydrogen-bond donors (Lipinski definition) is 0. The SMILES string of the molecule is Fc1ccc(C2C(Cl)=CON2CCCc2ccccc2)cc1. The van der Waals surface area contributed by atoms with Crippen LogP contribution in [0.15, 0.2) is 65.9 Å². The van der Waals surface area contributed by atoms with E-state index < -0.39 is 0 Å². The minimum atomic E-state index is -0.251. The average Bonchev–Trinajstić information content (AvgIpc) is 2.90. The van der Waals surface area contributed by atoms with E-state index >= 15 is 0 Å². The Morgan fingerprint density at radius 1 is 1.05 bits per heavy atom. The maximum absolute atomic E-state index is 13.1. The van der Waals surface area contributed by atoms with Crippen molar-refractivity contribution in [1.29, 1.82) is 0 Å². The number of aryl methyl sites for hydroxylation is 1. The van der Waals surface area contributed by atoms with Gasteiger partial charge in [-0.2, -0.15) is 0 Å². The van der Waals surface area contributed by atoms with Crippen LogP contribution in [0.3, 0.4) is 0 Å². The standard InChI is InChI=1S/C18H17ClFNO/c19-17-13-22-21(12-4-7-14-5-2-1-3-6-14)18(17)15-8-10-16(20)11-9-15/h1-3,5-6,8-11,13,18H,4,7,12H2. The predicted molar refractivity (Wildman–Crippen MR) is 85.6 cm³/mol. The molecule has 0 N–H and O–H groups in total. The van der Waals surface area contributed by atoms with Gasteiger partial charge < -0.3 is 4.84 Å². The topological polar surface area (TPSA) is 12.5 Å². The first-order valence-corrected chi connectivity index (χ1v) is 7.70. The van der Waals surface area contributed by atoms with Crippen LogP contribution in [0.1, 0.15) is 23.6 Å². The maximum Gasteiger partial charge on any atom is 0.128 e. The summed E-state index contributed by atoms with van der Waals surface area (Å²) in [4.78, 5) is 5.55. The fraction of sp³-hybridized carbons (Fsp3) is 0.222. The summed E-state index contributed by atoms with van der Waals surface area (Å²) in [6.07, 6.45) is 3.49. The van der Waals surface area contributed by atoms with E-state index in [9.17, 15) is 4.39 Å². The van der Waals surface area contributed by atoms with Gasteiger partial charge in [0.2, 0.25) is 0 Å². The van der Waals surface area contributed by atoms with Gasteiger partial charge in [-0.3, -0.25) is 0 Å². The van der Waals surface area contributed by atoms with Crippen LogP contribution in [0.25, 0.3) is 0 Å². The molecule has 3 rings (SSSR count). The lowest BCUT2D eigenvalue weighted by Gasteiger charge is -2.23. The molecule has 1 atom stereocenters. The smallest absolute Gasteiger partial charge is 0.128 e. The molecule has 2 aromatic carbocycles. The third-order valence-electron chi connectivity index (χ3n) is 3.72. The van der Waals surface area contributed by atoms with Crippen LogP contribution in [0, 0.1) is 5.82 Å². The predicted octanol–water partition coefficient (Wildman–Crippen LogP) is 4.83. The Balaban J connectivity index is 1.62. The van der Waals surface area contributed by atoms with Crippen molar-refractivity contribution in [2.75, 3.05) is 6.54 Å². The first kappa shape index (κ1) is 15.1. The van der Waals surface area contributed by atoms with E-state index in [1.807, 2.05) is 23.3 Å². The molecule has 114 valence electrons. The summed E-state index contributed by atoms with van der Waals surface area (Å²) in [5.41, 5.74) is 2.24. The van der Waals surface area contributed by atoms with Gasteiger partial charge in [0.25, 0.3) is 0 Å². The lowest BCUT2D eigenvalue weighted by atomic mass is 10.1. The van der Waals surface area contributed by atoms with E-state index in [-0.39, 0.29) is 11.9 Å². The van der Waals surface area contributed by atoms with Crippen molar-refractivity contribution in [1.82, 2.24) is 5.06 Å². The molecule has 0 aliphatic carbocycles. The molecule has 0 saturated carbocycles. The van der Waals surface area contributed by atoms with Crippen LogP contribution < -0.4 is 0 Å². The van der Waals surface area contributed by atoms with Crippen LogP contribution in [-0.4, -0.2) is 11.6 Å². The Kier molecular flexibility index (Phi) is 4.76. The Bertz CT molecular complexity index is 642. The maximum atomic E-state index is 13.1. The van der Waals surface area contributed by atoms with Crippen LogP contribution in [-0.2, 0) is 11.3 Å². The van der Waals surface area contributed by atoms with Crippen LogP contribution in [0.5, 0.6) is 0 Å². The zero-order valence-corrected chi connectivity index (χ0v) is 12.8. The third-order valence-corrected chi connectivity index (χ3v) is 4.02. The quantitative estimate of drug-likeness (QED) is 0.783. The van der Waals surface area contributed by atoms with Gasteiger partial charge in [-0.05, 0) is 36.1 Å². The molecule has 2 nitrogen and oxygen atoms in total. The molecule has 1 heterocycles. The second kappa shape index (κ2) is 6.95. The molecular weight excluding hydrogens is 301 g/mol. The molecule has 0 fully saturated rings. The summed E-state index contributed by atoms with van der Waals surface area (Å²) in [6.45, 7) is 0.754. The minimum Gasteiger partial charge on any atom is -0.412 e. The lowest BCUT2D eigenvalue weighted by Crippen LogP contribution is -2.25. The lowest BCUT2D eigenvalue weighted by molar-refractivity contribution is -0.106. The highest BCUT2D eigenvalue weighted by Crippen LogP contribution is 2.36. The van der Waals surface area contributed by atoms with Crippen LogP contribution >= 0.6 is 11.6 Å². The highest BCUT2D eigenvalue weighted by atomic mass is 35.5. The van der Waals surface area contributed by atoms with E-state index in [1.54, 1.807) is 18.4 Å². The van der Waals surface area contributed by atoms with Crippen molar-refractivity contribution in [3.8, 4) is 0 Å². The molecule has 0 saturated heterocycles. The molecule has 1 aliphatic rings. The molecule has 22 heavy (non-hydrogen) atoms. The summed E-state index contributed by atoms with van der Waals surface area (Å²) >= 11 is 6.24. The number of hydrogen-bond acceptors (Lipinski definition) is 2. The largest absolute Gasteiger partial charge is 0.412 e. The summed E-state index contributed by atoms with van der Waals surface area (Å²) in [5, 5.41) is 2.46. The molecule has 4 heteroatoms. The number of nitrogens with zero attached hydrogens (tertiary/aromatic N) is 1. The zero-order chi connectivity index (χ0) is 15.4. The average molecular weight is 318 g/mol. The molecular formula is C18H17ClFNO. The summed E-state index contributed by atoms with van der Waals surface area (Å²) in [7, 11) is 0. The summed E-state index contributed by atoms with van der Waals surface area (Å²) < 4.78 is 13.1. The molecule has 0 amide bonds. The molecule has 0 radical (unpaired) electrons. The highest BCUT2D eigenvalue weighted by Gasteiger charge is 2.29. The molecule has 1 unspecified atom stereocenters. The van der Waals surface area contributed by atoms with Gasteiger partial charge >= 0.3 is 0 Å². The van der Waals surface area contributed by atoms with Gasteiger partial charge in [0.1, 0.15) is 18.1 Å². The third kappa shape index (κ3) is 3.49. The Labute approximate surface area is 134 Å². The van der Waals surface area contributed by atoms with Gasteiger partial charge in [0, 0.05) is 6.54 Å². The van der Waals surface area contributed by atoms with Crippen molar-refractivity contribution in [2.45, 2.75) is 18.9 Å². The van der Waals surface area contributed by atoms with Gasteiger partial charge in [-0.15, -0.1) is 5.06 Å². The second-order valence-electron chi connectivity index (χ2n) is 5.29. The molecule has 0 bridgehead atoms. The van der Waals surface area contributed by atoms with Crippen LogP contribution in [0.4, 0.5) is 4.39 Å². The highest BCUT2D eigenvalue weighted by molar-refractivity contribution is 6.30. The number of benzene rings is 2. The second-order valence-corrected chi connectivity index (χ2v) is 5.73. The number of hydroxylamine groups is 2. The Morgan fingerprint density at radius 3 is 2.50 bits per heavy atom. The van der Waals surface area contributed by atoms with Crippen molar-refractivity contribution in [2.24, 2.45) is 0 Å². The molecule has 0 aromatic heterocycles. The van der Waals surface area contributed by atoms with Gasteiger partial charge in [-0.25, -0.2) is 4.39 Å². The van der Waals surface area contributed by atoms with Crippen molar-refractivity contribution in [3.05, 3.63) is 82.8 Å². The Morgan fingerprint density at radius 2 is 1.77 bits per heavy atom. The van der Waals surface area contributed by atoms with E-state index in [4.69, 9.17) is 16.4 Å². The first-order chi connectivity index (χ1) is 10.7. The van der Waals surface area contributed by atoms with Gasteiger partial charge in [0.05, 0.1) is 5.03 Å². The fourth-order valence-electron chi connectivity index (χ4n) is 2.62. The normalized spacial score (nSPS) is 18.1. The monoisotopic (exact) mass is 317 g/mol. The van der Waals surface area contributed by atoms with E-state index in [2.05, 4.69) is 12.1 Å². The number of rotatable bonds is 5. The number of halogens is 2. The summed E-state index contributed by atoms with van der Waals surface area (Å²) in [6, 6.07) is 16.6. The molecule has 1 aliphatic heterocycles. The van der Waals surface area contributed by atoms with Crippen molar-refractivity contribution in [3.63, 3.8) is 0 Å². The van der Waals surface area contributed by atoms with Gasteiger partial charge in [-0.1, -0.05) is 54.1 Å². The molecule has 0 spiro atoms. The minimum absolute atomic E-state index is 0.155. The van der Waals surface area contributed by atoms with E-state index in [0.717, 1.165) is 24.9 Å². The first-order valence-electron chi connectivity index (χ1n) is 7.32. The van der Waals surface area contributed by atoms with E-state index in [0.29, 0.717) is 5.03 Å². The van der Waals surface area contributed by atoms with Crippen molar-refractivity contribution < 1.29 is 9.23 Å². The van der Waals surface area contributed by atoms with Crippen molar-refractivity contribution >= 4 is 11.6 Å². The van der Waals surface area contributed by atoms with Gasteiger partial charge in [0.15, 0.2) is 0 Å². The Hall–Kier alpha value is -1.84.